The highest BCUT2D eigenvalue weighted by molar-refractivity contribution is 6.08. The first-order valence-corrected chi connectivity index (χ1v) is 17.9. The molecule has 5 heterocycles. The highest BCUT2D eigenvalue weighted by atomic mass is 19.3. The summed E-state index contributed by atoms with van der Waals surface area (Å²) >= 11 is 0. The quantitative estimate of drug-likeness (QED) is 0.211. The third kappa shape index (κ3) is 6.63. The highest BCUT2D eigenvalue weighted by Gasteiger charge is 2.47. The first-order valence-electron chi connectivity index (χ1n) is 17.9. The number of alkyl halides is 2. The number of carbonyl (C=O) groups excluding carboxylic acids is 4. The molecule has 3 aromatic carbocycles. The molecule has 4 atom stereocenters. The van der Waals surface area contributed by atoms with Crippen LogP contribution in [0, 0.1) is 0 Å². The van der Waals surface area contributed by atoms with Crippen molar-refractivity contribution in [1.82, 2.24) is 25.5 Å². The monoisotopic (exact) mass is 723 g/mol. The van der Waals surface area contributed by atoms with Gasteiger partial charge in [-0.1, -0.05) is 54.6 Å². The summed E-state index contributed by atoms with van der Waals surface area (Å²) in [7, 11) is 1.24. The number of ether oxygens (including phenoxy) is 1. The Hall–Kier alpha value is -5.63. The van der Waals surface area contributed by atoms with Crippen LogP contribution in [-0.2, 0) is 32.0 Å². The van der Waals surface area contributed by atoms with Gasteiger partial charge in [0.05, 0.1) is 37.3 Å². The van der Waals surface area contributed by atoms with Gasteiger partial charge in [-0.25, -0.2) is 18.6 Å². The van der Waals surface area contributed by atoms with Crippen LogP contribution in [0.4, 0.5) is 25.0 Å². The number of hydrogen-bond donors (Lipinski definition) is 4. The molecule has 12 nitrogen and oxygen atoms in total. The Morgan fingerprint density at radius 1 is 0.943 bits per heavy atom. The number of amides is 4. The predicted octanol–water partition coefficient (Wildman–Crippen LogP) is 4.97. The number of aryl methyl sites for hydroxylation is 1. The molecule has 4 N–H and O–H groups in total. The molecule has 274 valence electrons. The van der Waals surface area contributed by atoms with E-state index in [1.54, 1.807) is 11.1 Å². The highest BCUT2D eigenvalue weighted by Crippen LogP contribution is 2.40. The van der Waals surface area contributed by atoms with Gasteiger partial charge in [0.2, 0.25) is 17.7 Å². The molecule has 0 radical (unpaired) electrons. The van der Waals surface area contributed by atoms with Gasteiger partial charge in [0, 0.05) is 25.1 Å². The van der Waals surface area contributed by atoms with E-state index >= 15 is 0 Å². The smallest absolute Gasteiger partial charge is 0.407 e. The number of carbonyl (C=O) groups is 4. The first kappa shape index (κ1) is 34.5. The van der Waals surface area contributed by atoms with Gasteiger partial charge < -0.3 is 30.6 Å². The fourth-order valence-corrected chi connectivity index (χ4v) is 8.04. The van der Waals surface area contributed by atoms with Crippen LogP contribution in [-0.4, -0.2) is 82.9 Å². The number of alkyl carbamates (subject to hydrolysis) is 1. The Bertz CT molecular complexity index is 2070. The summed E-state index contributed by atoms with van der Waals surface area (Å²) in [4.78, 5) is 64.4. The van der Waals surface area contributed by atoms with Crippen LogP contribution < -0.4 is 20.9 Å². The molecule has 4 amide bonds. The number of para-hydroxylation sites is 1. The molecule has 2 fully saturated rings. The van der Waals surface area contributed by atoms with E-state index in [9.17, 15) is 28.0 Å². The summed E-state index contributed by atoms with van der Waals surface area (Å²) in [5, 5.41) is 8.43. The van der Waals surface area contributed by atoms with Crippen LogP contribution in [0.3, 0.4) is 0 Å². The van der Waals surface area contributed by atoms with Gasteiger partial charge >= 0.3 is 6.09 Å². The lowest BCUT2D eigenvalue weighted by atomic mass is 10.0. The Morgan fingerprint density at radius 3 is 2.38 bits per heavy atom. The number of H-pyrrole nitrogens is 1. The molecular formula is C39H39F2N7O5. The zero-order valence-corrected chi connectivity index (χ0v) is 29.0. The summed E-state index contributed by atoms with van der Waals surface area (Å²) < 4.78 is 32.1. The third-order valence-corrected chi connectivity index (χ3v) is 10.7. The van der Waals surface area contributed by atoms with E-state index in [1.807, 2.05) is 66.7 Å². The lowest BCUT2D eigenvalue weighted by Crippen LogP contribution is -2.56. The number of nitrogens with one attached hydrogen (secondary N) is 4. The molecular weight excluding hydrogens is 684 g/mol. The summed E-state index contributed by atoms with van der Waals surface area (Å²) in [6.07, 6.45) is 3.05. The molecule has 1 aromatic heterocycles. The molecule has 0 spiro atoms. The van der Waals surface area contributed by atoms with Crippen LogP contribution >= 0.6 is 0 Å². The number of likely N-dealkylation sites (tertiary alicyclic amines) is 1. The Labute approximate surface area is 304 Å². The second-order valence-corrected chi connectivity index (χ2v) is 14.1. The average Bonchev–Trinajstić information content (AvgIpc) is 3.97. The Morgan fingerprint density at radius 2 is 1.66 bits per heavy atom. The predicted molar refractivity (Wildman–Crippen MR) is 192 cm³/mol. The molecule has 0 unspecified atom stereocenters. The van der Waals surface area contributed by atoms with E-state index in [4.69, 9.17) is 4.74 Å². The van der Waals surface area contributed by atoms with Gasteiger partial charge in [-0.3, -0.25) is 19.3 Å². The van der Waals surface area contributed by atoms with E-state index in [-0.39, 0.29) is 30.7 Å². The summed E-state index contributed by atoms with van der Waals surface area (Å²) in [5.74, 6) is -3.21. The van der Waals surface area contributed by atoms with Crippen LogP contribution in [0.25, 0.3) is 22.4 Å². The van der Waals surface area contributed by atoms with Crippen molar-refractivity contribution in [2.45, 2.75) is 68.6 Å². The van der Waals surface area contributed by atoms with Crippen molar-refractivity contribution < 1.29 is 32.7 Å². The second kappa shape index (κ2) is 13.7. The van der Waals surface area contributed by atoms with Crippen molar-refractivity contribution in [3.8, 4) is 22.4 Å². The fourth-order valence-electron chi connectivity index (χ4n) is 8.04. The maximum absolute atomic E-state index is 14.2. The molecule has 0 aliphatic carbocycles. The van der Waals surface area contributed by atoms with E-state index in [1.165, 1.54) is 12.0 Å². The number of benzene rings is 3. The fraction of sp³-hybridized carbons (Fsp3) is 0.359. The average molecular weight is 724 g/mol. The number of rotatable bonds is 7. The van der Waals surface area contributed by atoms with Gasteiger partial charge in [-0.05, 0) is 65.6 Å². The minimum atomic E-state index is -2.74. The van der Waals surface area contributed by atoms with E-state index in [0.29, 0.717) is 50.2 Å². The van der Waals surface area contributed by atoms with Crippen molar-refractivity contribution in [2.75, 3.05) is 30.4 Å². The molecule has 4 aromatic rings. The van der Waals surface area contributed by atoms with E-state index < -0.39 is 36.2 Å². The number of aromatic nitrogens is 2. The molecule has 53 heavy (non-hydrogen) atoms. The van der Waals surface area contributed by atoms with Crippen LogP contribution in [0.15, 0.2) is 72.9 Å². The lowest BCUT2D eigenvalue weighted by Gasteiger charge is -2.32. The van der Waals surface area contributed by atoms with Crippen LogP contribution in [0.1, 0.15) is 48.7 Å². The van der Waals surface area contributed by atoms with Gasteiger partial charge in [-0.15, -0.1) is 0 Å². The number of aromatic amines is 1. The standard InChI is InChI=1S/C39H39F2N7O5/c1-53-38(52)46-28-16-13-25-4-2-5-26-18-32(48(33(25)26)36(28)50)37(51)47-17-3-6-31(47)35(49)44-27-14-11-23(12-15-27)22-7-9-24(10-8-22)30-20-42-34(45-30)29-19-39(40,41)21-43-29/h2,4-5,7-12,14-15,20,28-29,31-32,43H,3,6,13,16-19,21H2,1H3,(H,42,45)(H,44,49)(H,46,52)/t28-,29-,31-,32-/m0/s1. The summed E-state index contributed by atoms with van der Waals surface area (Å²) in [5.41, 5.74) is 6.63. The molecule has 4 aliphatic heterocycles. The maximum atomic E-state index is 14.2. The van der Waals surface area contributed by atoms with Crippen LogP contribution in [0.5, 0.6) is 0 Å². The molecule has 0 bridgehead atoms. The molecule has 0 saturated carbocycles. The van der Waals surface area contributed by atoms with E-state index in [0.717, 1.165) is 39.2 Å². The minimum absolute atomic E-state index is 0.289. The lowest BCUT2D eigenvalue weighted by molar-refractivity contribution is -0.138. The summed E-state index contributed by atoms with van der Waals surface area (Å²) in [6.45, 7) is 0.0351. The maximum Gasteiger partial charge on any atom is 0.407 e. The van der Waals surface area contributed by atoms with Gasteiger partial charge in [0.25, 0.3) is 5.92 Å². The normalized spacial score (nSPS) is 23.0. The Balaban J connectivity index is 0.925. The number of methoxy groups -OCH3 is 1. The molecule has 14 heteroatoms. The first-order chi connectivity index (χ1) is 25.6. The van der Waals surface area contributed by atoms with E-state index in [2.05, 4.69) is 25.9 Å². The Kier molecular flexibility index (Phi) is 8.93. The number of halogens is 2. The van der Waals surface area contributed by atoms with Crippen molar-refractivity contribution in [3.63, 3.8) is 0 Å². The van der Waals surface area contributed by atoms with Gasteiger partial charge in [-0.2, -0.15) is 0 Å². The topological polar surface area (TPSA) is 149 Å². The van der Waals surface area contributed by atoms with Crippen molar-refractivity contribution in [1.29, 1.82) is 0 Å². The molecule has 4 aliphatic rings. The number of hydrogen-bond acceptors (Lipinski definition) is 7. The van der Waals surface area contributed by atoms with Crippen molar-refractivity contribution in [3.05, 3.63) is 89.9 Å². The molecule has 2 saturated heterocycles. The van der Waals surface area contributed by atoms with Crippen molar-refractivity contribution >= 4 is 35.2 Å². The number of anilines is 2. The SMILES string of the molecule is COC(=O)N[C@H]1CCc2cccc3c2N(C1=O)[C@H](C(=O)N1CCC[C@H]1C(=O)Nc1ccc(-c2ccc(-c4cnc([C@@H]5CC(F)(F)CN5)[nH]4)cc2)cc1)C3. The number of imidazole rings is 1. The van der Waals surface area contributed by atoms with Gasteiger partial charge in [0.1, 0.15) is 23.9 Å². The van der Waals surface area contributed by atoms with Crippen molar-refractivity contribution in [2.24, 2.45) is 0 Å². The van der Waals surface area contributed by atoms with Gasteiger partial charge in [0.15, 0.2) is 0 Å². The summed E-state index contributed by atoms with van der Waals surface area (Å²) in [6, 6.07) is 18.1. The zero-order valence-electron chi connectivity index (χ0n) is 29.0. The minimum Gasteiger partial charge on any atom is -0.453 e. The molecule has 8 rings (SSSR count). The number of nitrogens with zero attached hydrogens (tertiary/aromatic N) is 3. The van der Waals surface area contributed by atoms with Crippen LogP contribution in [0.2, 0.25) is 0 Å². The third-order valence-electron chi connectivity index (χ3n) is 10.7. The second-order valence-electron chi connectivity index (χ2n) is 14.1. The largest absolute Gasteiger partial charge is 0.453 e. The zero-order chi connectivity index (χ0) is 36.9.